The predicted molar refractivity (Wildman–Crippen MR) is 69.8 cm³/mol. The maximum absolute atomic E-state index is 13.0. The minimum absolute atomic E-state index is 0.293. The number of hydrogen-bond acceptors (Lipinski definition) is 3. The van der Waals surface area contributed by atoms with Gasteiger partial charge < -0.3 is 5.73 Å². The van der Waals surface area contributed by atoms with Gasteiger partial charge in [0, 0.05) is 17.8 Å². The van der Waals surface area contributed by atoms with E-state index in [1.165, 1.54) is 12.1 Å². The van der Waals surface area contributed by atoms with Crippen molar-refractivity contribution in [3.05, 3.63) is 46.0 Å². The van der Waals surface area contributed by atoms with Crippen molar-refractivity contribution in [2.24, 2.45) is 5.73 Å². The average Bonchev–Trinajstić information content (AvgIpc) is 2.32. The number of hydrogen-bond donors (Lipinski definition) is 1. The summed E-state index contributed by atoms with van der Waals surface area (Å²) in [7, 11) is 0. The molecule has 5 heteroatoms. The third-order valence-electron chi connectivity index (χ3n) is 2.86. The lowest BCUT2D eigenvalue weighted by Gasteiger charge is -2.09. The van der Waals surface area contributed by atoms with Crippen molar-refractivity contribution in [1.82, 2.24) is 9.97 Å². The van der Waals surface area contributed by atoms with E-state index in [0.717, 1.165) is 17.0 Å². The zero-order chi connectivity index (χ0) is 13.3. The van der Waals surface area contributed by atoms with Crippen molar-refractivity contribution in [3.8, 4) is 11.4 Å². The molecule has 0 amide bonds. The number of nitrogens with two attached hydrogens (primary N) is 1. The fourth-order valence-electron chi connectivity index (χ4n) is 1.68. The van der Waals surface area contributed by atoms with Crippen LogP contribution in [0.2, 0.25) is 5.02 Å². The first-order chi connectivity index (χ1) is 8.52. The molecular formula is C13H13ClFN3. The van der Waals surface area contributed by atoms with Crippen LogP contribution in [0.3, 0.4) is 0 Å². The highest BCUT2D eigenvalue weighted by atomic mass is 35.5. The lowest BCUT2D eigenvalue weighted by molar-refractivity contribution is 0.628. The van der Waals surface area contributed by atoms with Gasteiger partial charge in [0.15, 0.2) is 5.82 Å². The molecule has 94 valence electrons. The molecule has 0 saturated carbocycles. The molecule has 0 spiro atoms. The van der Waals surface area contributed by atoms with Crippen LogP contribution in [0.25, 0.3) is 11.4 Å². The van der Waals surface area contributed by atoms with Crippen LogP contribution in [-0.2, 0) is 6.54 Å². The van der Waals surface area contributed by atoms with E-state index in [4.69, 9.17) is 17.3 Å². The number of halogens is 2. The van der Waals surface area contributed by atoms with Crippen molar-refractivity contribution in [3.63, 3.8) is 0 Å². The van der Waals surface area contributed by atoms with Crippen LogP contribution < -0.4 is 5.73 Å². The van der Waals surface area contributed by atoms with E-state index >= 15 is 0 Å². The van der Waals surface area contributed by atoms with Gasteiger partial charge in [-0.2, -0.15) is 0 Å². The normalized spacial score (nSPS) is 10.7. The Morgan fingerprint density at radius 3 is 2.61 bits per heavy atom. The van der Waals surface area contributed by atoms with Gasteiger partial charge in [0.25, 0.3) is 0 Å². The highest BCUT2D eigenvalue weighted by Gasteiger charge is 2.11. The van der Waals surface area contributed by atoms with Gasteiger partial charge >= 0.3 is 0 Å². The lowest BCUT2D eigenvalue weighted by Crippen LogP contribution is -2.07. The summed E-state index contributed by atoms with van der Waals surface area (Å²) in [5.74, 6) is 0.0928. The van der Waals surface area contributed by atoms with Crippen LogP contribution in [0.5, 0.6) is 0 Å². The Bertz CT molecular complexity index is 599. The molecule has 0 aliphatic rings. The van der Waals surface area contributed by atoms with Crippen molar-refractivity contribution in [2.75, 3.05) is 0 Å². The Balaban J connectivity index is 2.60. The average molecular weight is 266 g/mol. The van der Waals surface area contributed by atoms with Gasteiger partial charge in [-0.05, 0) is 37.6 Å². The van der Waals surface area contributed by atoms with Crippen molar-refractivity contribution < 1.29 is 4.39 Å². The van der Waals surface area contributed by atoms with E-state index in [-0.39, 0.29) is 5.82 Å². The fraction of sp³-hybridized carbons (Fsp3) is 0.231. The predicted octanol–water partition coefficient (Wildman–Crippen LogP) is 3.01. The molecule has 0 aliphatic heterocycles. The Morgan fingerprint density at radius 1 is 1.28 bits per heavy atom. The molecule has 0 bridgehead atoms. The number of rotatable bonds is 2. The molecule has 0 saturated heterocycles. The van der Waals surface area contributed by atoms with Gasteiger partial charge in [-0.25, -0.2) is 14.4 Å². The summed E-state index contributed by atoms with van der Waals surface area (Å²) < 4.78 is 13.0. The molecule has 0 radical (unpaired) electrons. The monoisotopic (exact) mass is 265 g/mol. The minimum Gasteiger partial charge on any atom is -0.325 e. The van der Waals surface area contributed by atoms with E-state index < -0.39 is 0 Å². The molecule has 1 heterocycles. The first kappa shape index (κ1) is 12.9. The molecule has 0 unspecified atom stereocenters. The van der Waals surface area contributed by atoms with Gasteiger partial charge in [-0.3, -0.25) is 0 Å². The van der Waals surface area contributed by atoms with Gasteiger partial charge in [0.2, 0.25) is 0 Å². The molecule has 18 heavy (non-hydrogen) atoms. The van der Waals surface area contributed by atoms with Gasteiger partial charge in [-0.15, -0.1) is 0 Å². The van der Waals surface area contributed by atoms with Crippen molar-refractivity contribution in [2.45, 2.75) is 20.4 Å². The third-order valence-corrected chi connectivity index (χ3v) is 3.17. The van der Waals surface area contributed by atoms with E-state index in [1.54, 1.807) is 6.07 Å². The van der Waals surface area contributed by atoms with E-state index in [1.807, 2.05) is 13.8 Å². The van der Waals surface area contributed by atoms with E-state index in [0.29, 0.717) is 23.0 Å². The lowest BCUT2D eigenvalue weighted by atomic mass is 10.1. The summed E-state index contributed by atoms with van der Waals surface area (Å²) in [5, 5.41) is 0.293. The Hall–Kier alpha value is -1.52. The highest BCUT2D eigenvalue weighted by molar-refractivity contribution is 6.33. The van der Waals surface area contributed by atoms with Gasteiger partial charge in [0.05, 0.1) is 10.7 Å². The van der Waals surface area contributed by atoms with Crippen LogP contribution in [0.4, 0.5) is 4.39 Å². The molecule has 0 aliphatic carbocycles. The molecule has 2 N–H and O–H groups in total. The molecule has 3 nitrogen and oxygen atoms in total. The smallest absolute Gasteiger partial charge is 0.161 e. The fourth-order valence-corrected chi connectivity index (χ4v) is 1.93. The molecule has 2 rings (SSSR count). The van der Waals surface area contributed by atoms with Gasteiger partial charge in [-0.1, -0.05) is 11.6 Å². The highest BCUT2D eigenvalue weighted by Crippen LogP contribution is 2.27. The van der Waals surface area contributed by atoms with Gasteiger partial charge in [0.1, 0.15) is 5.82 Å². The molecular weight excluding hydrogens is 253 g/mol. The Kier molecular flexibility index (Phi) is 3.59. The first-order valence-electron chi connectivity index (χ1n) is 5.52. The number of aryl methyl sites for hydroxylation is 1. The molecule has 1 aromatic heterocycles. The Morgan fingerprint density at radius 2 is 2.00 bits per heavy atom. The second kappa shape index (κ2) is 5.00. The second-order valence-electron chi connectivity index (χ2n) is 4.03. The summed E-state index contributed by atoms with van der Waals surface area (Å²) >= 11 is 6.00. The maximum atomic E-state index is 13.0. The maximum Gasteiger partial charge on any atom is 0.161 e. The van der Waals surface area contributed by atoms with Crippen LogP contribution in [0.15, 0.2) is 18.2 Å². The largest absolute Gasteiger partial charge is 0.325 e. The standard InChI is InChI=1S/C13H13ClFN3/c1-7-8(2)17-13(18-12(7)6-16)10-4-3-9(15)5-11(10)14/h3-5H,6,16H2,1-2H3. The van der Waals surface area contributed by atoms with E-state index in [9.17, 15) is 4.39 Å². The summed E-state index contributed by atoms with van der Waals surface area (Å²) in [6.45, 7) is 4.14. The van der Waals surface area contributed by atoms with Crippen LogP contribution >= 0.6 is 11.6 Å². The zero-order valence-electron chi connectivity index (χ0n) is 10.2. The Labute approximate surface area is 110 Å². The molecule has 1 aromatic carbocycles. The first-order valence-corrected chi connectivity index (χ1v) is 5.90. The van der Waals surface area contributed by atoms with Crippen LogP contribution in [0, 0.1) is 19.7 Å². The molecule has 2 aromatic rings. The van der Waals surface area contributed by atoms with Crippen molar-refractivity contribution >= 4 is 11.6 Å². The summed E-state index contributed by atoms with van der Waals surface area (Å²) in [4.78, 5) is 8.74. The SMILES string of the molecule is Cc1nc(-c2ccc(F)cc2Cl)nc(CN)c1C. The minimum atomic E-state index is -0.383. The number of nitrogens with zero attached hydrogens (tertiary/aromatic N) is 2. The topological polar surface area (TPSA) is 51.8 Å². The quantitative estimate of drug-likeness (QED) is 0.908. The summed E-state index contributed by atoms with van der Waals surface area (Å²) in [6.07, 6.45) is 0. The summed E-state index contributed by atoms with van der Waals surface area (Å²) in [6, 6.07) is 4.15. The zero-order valence-corrected chi connectivity index (χ0v) is 10.9. The van der Waals surface area contributed by atoms with E-state index in [2.05, 4.69) is 9.97 Å². The number of aromatic nitrogens is 2. The van der Waals surface area contributed by atoms with Crippen LogP contribution in [0.1, 0.15) is 17.0 Å². The second-order valence-corrected chi connectivity index (χ2v) is 4.44. The van der Waals surface area contributed by atoms with Crippen molar-refractivity contribution in [1.29, 1.82) is 0 Å². The van der Waals surface area contributed by atoms with Crippen LogP contribution in [-0.4, -0.2) is 9.97 Å². The third kappa shape index (κ3) is 2.35. The molecule has 0 fully saturated rings. The molecule has 0 atom stereocenters. The summed E-state index contributed by atoms with van der Waals surface area (Å²) in [5.41, 5.74) is 8.85. The number of benzene rings is 1.